The summed E-state index contributed by atoms with van der Waals surface area (Å²) >= 11 is 1.47. The molecule has 2 aromatic carbocycles. The standard InChI is InChI=1S/C24H29N5OS/c1-4-9-20-26-27-24-29(20)28-21(18-14-12-16(5-2)13-15-18)22(31-24)23(30)25-19-11-8-7-10-17(19)6-3/h7-8,10-15,21-22,28H,4-6,9H2,1-3H3,(H,25,30)/t21-,22-/m0/s1. The number of hydrogen-bond donors (Lipinski definition) is 2. The number of para-hydroxylation sites is 1. The highest BCUT2D eigenvalue weighted by molar-refractivity contribution is 8.00. The fourth-order valence-electron chi connectivity index (χ4n) is 3.85. The number of aromatic nitrogens is 3. The molecule has 2 atom stereocenters. The molecular formula is C24H29N5OS. The molecule has 0 unspecified atom stereocenters. The number of nitrogens with one attached hydrogen (secondary N) is 2. The number of anilines is 1. The van der Waals surface area contributed by atoms with Gasteiger partial charge in [0.05, 0.1) is 6.04 Å². The van der Waals surface area contributed by atoms with E-state index < -0.39 is 0 Å². The molecule has 0 fully saturated rings. The summed E-state index contributed by atoms with van der Waals surface area (Å²) in [6.45, 7) is 6.36. The van der Waals surface area contributed by atoms with Crippen LogP contribution in [-0.4, -0.2) is 26.0 Å². The number of carbonyl (C=O) groups excluding carboxylic acids is 1. The first-order valence-electron chi connectivity index (χ1n) is 11.0. The topological polar surface area (TPSA) is 71.8 Å². The molecule has 0 radical (unpaired) electrons. The minimum absolute atomic E-state index is 0.0331. The molecule has 31 heavy (non-hydrogen) atoms. The second kappa shape index (κ2) is 9.56. The van der Waals surface area contributed by atoms with E-state index in [-0.39, 0.29) is 17.2 Å². The van der Waals surface area contributed by atoms with E-state index >= 15 is 0 Å². The highest BCUT2D eigenvalue weighted by atomic mass is 32.2. The van der Waals surface area contributed by atoms with Crippen LogP contribution in [0.4, 0.5) is 5.69 Å². The molecule has 0 bridgehead atoms. The fraction of sp³-hybridized carbons (Fsp3) is 0.375. The van der Waals surface area contributed by atoms with Crippen molar-refractivity contribution in [1.29, 1.82) is 0 Å². The Morgan fingerprint density at radius 3 is 2.55 bits per heavy atom. The maximum Gasteiger partial charge on any atom is 0.240 e. The zero-order chi connectivity index (χ0) is 21.8. The summed E-state index contributed by atoms with van der Waals surface area (Å²) in [5, 5.41) is 12.2. The van der Waals surface area contributed by atoms with Crippen LogP contribution in [0.15, 0.2) is 53.7 Å². The number of aryl methyl sites for hydroxylation is 3. The van der Waals surface area contributed by atoms with Crippen LogP contribution in [0.3, 0.4) is 0 Å². The van der Waals surface area contributed by atoms with Crippen LogP contribution in [0, 0.1) is 0 Å². The van der Waals surface area contributed by atoms with Crippen molar-refractivity contribution in [3.8, 4) is 0 Å². The van der Waals surface area contributed by atoms with Gasteiger partial charge >= 0.3 is 0 Å². The van der Waals surface area contributed by atoms with E-state index in [0.29, 0.717) is 0 Å². The van der Waals surface area contributed by atoms with Crippen LogP contribution in [0.1, 0.15) is 55.7 Å². The van der Waals surface area contributed by atoms with E-state index in [1.807, 2.05) is 22.9 Å². The van der Waals surface area contributed by atoms with Gasteiger partial charge in [0.2, 0.25) is 11.1 Å². The summed E-state index contributed by atoms with van der Waals surface area (Å²) in [6, 6.07) is 16.3. The molecule has 0 spiro atoms. The van der Waals surface area contributed by atoms with E-state index in [1.165, 1.54) is 17.3 Å². The monoisotopic (exact) mass is 435 g/mol. The van der Waals surface area contributed by atoms with Crippen molar-refractivity contribution in [2.45, 2.75) is 62.9 Å². The Labute approximate surface area is 187 Å². The molecule has 2 heterocycles. The lowest BCUT2D eigenvalue weighted by atomic mass is 10.0. The third kappa shape index (κ3) is 4.46. The Balaban J connectivity index is 1.67. The van der Waals surface area contributed by atoms with Crippen molar-refractivity contribution < 1.29 is 4.79 Å². The van der Waals surface area contributed by atoms with Gasteiger partial charge in [0.1, 0.15) is 5.25 Å². The van der Waals surface area contributed by atoms with E-state index in [0.717, 1.165) is 53.5 Å². The van der Waals surface area contributed by atoms with Crippen molar-refractivity contribution in [1.82, 2.24) is 14.9 Å². The quantitative estimate of drug-likeness (QED) is 0.560. The Morgan fingerprint density at radius 2 is 1.84 bits per heavy atom. The summed E-state index contributed by atoms with van der Waals surface area (Å²) in [4.78, 5) is 13.5. The van der Waals surface area contributed by atoms with Gasteiger partial charge < -0.3 is 10.7 Å². The molecule has 7 heteroatoms. The summed E-state index contributed by atoms with van der Waals surface area (Å²) < 4.78 is 1.95. The Morgan fingerprint density at radius 1 is 1.06 bits per heavy atom. The Hall–Kier alpha value is -2.80. The predicted molar refractivity (Wildman–Crippen MR) is 126 cm³/mol. The van der Waals surface area contributed by atoms with Crippen molar-refractivity contribution in [2.24, 2.45) is 0 Å². The summed E-state index contributed by atoms with van der Waals surface area (Å²) in [5.41, 5.74) is 7.89. The molecule has 0 saturated carbocycles. The number of rotatable bonds is 7. The predicted octanol–water partition coefficient (Wildman–Crippen LogP) is 4.75. The molecule has 2 N–H and O–H groups in total. The zero-order valence-corrected chi connectivity index (χ0v) is 19.1. The van der Waals surface area contributed by atoms with Gasteiger partial charge in [-0.15, -0.1) is 10.2 Å². The van der Waals surface area contributed by atoms with Gasteiger partial charge in [-0.25, -0.2) is 4.68 Å². The van der Waals surface area contributed by atoms with Gasteiger partial charge in [0.25, 0.3) is 0 Å². The minimum atomic E-state index is -0.372. The number of thioether (sulfide) groups is 1. The van der Waals surface area contributed by atoms with E-state index in [1.54, 1.807) is 0 Å². The maximum absolute atomic E-state index is 13.5. The molecule has 1 amide bonds. The first-order valence-corrected chi connectivity index (χ1v) is 11.9. The van der Waals surface area contributed by atoms with Gasteiger partial charge in [-0.05, 0) is 42.0 Å². The average Bonchev–Trinajstić information content (AvgIpc) is 3.20. The van der Waals surface area contributed by atoms with Gasteiger partial charge in [0, 0.05) is 12.1 Å². The number of amides is 1. The number of hydrogen-bond acceptors (Lipinski definition) is 5. The zero-order valence-electron chi connectivity index (χ0n) is 18.3. The summed E-state index contributed by atoms with van der Waals surface area (Å²) in [7, 11) is 0. The second-order valence-corrected chi connectivity index (χ2v) is 8.83. The molecule has 1 aliphatic heterocycles. The largest absolute Gasteiger partial charge is 0.325 e. The minimum Gasteiger partial charge on any atom is -0.325 e. The lowest BCUT2D eigenvalue weighted by Gasteiger charge is -2.33. The molecular weight excluding hydrogens is 406 g/mol. The van der Waals surface area contributed by atoms with Crippen LogP contribution in [-0.2, 0) is 24.1 Å². The lowest BCUT2D eigenvalue weighted by molar-refractivity contribution is -0.116. The molecule has 4 rings (SSSR count). The van der Waals surface area contributed by atoms with Gasteiger partial charge in [-0.2, -0.15) is 0 Å². The number of benzene rings is 2. The first-order chi connectivity index (χ1) is 15.1. The normalized spacial score (nSPS) is 17.6. The number of nitrogens with zero attached hydrogens (tertiary/aromatic N) is 3. The van der Waals surface area contributed by atoms with Gasteiger partial charge in [-0.3, -0.25) is 4.79 Å². The van der Waals surface area contributed by atoms with E-state index in [2.05, 4.69) is 72.0 Å². The molecule has 162 valence electrons. The third-order valence-corrected chi connectivity index (χ3v) is 6.85. The van der Waals surface area contributed by atoms with Crippen LogP contribution < -0.4 is 10.7 Å². The number of carbonyl (C=O) groups is 1. The molecule has 1 aromatic heterocycles. The maximum atomic E-state index is 13.5. The van der Waals surface area contributed by atoms with Crippen LogP contribution in [0.5, 0.6) is 0 Å². The highest BCUT2D eigenvalue weighted by Crippen LogP contribution is 2.38. The van der Waals surface area contributed by atoms with Crippen LogP contribution >= 0.6 is 11.8 Å². The van der Waals surface area contributed by atoms with Crippen molar-refractivity contribution >= 4 is 23.4 Å². The molecule has 3 aromatic rings. The average molecular weight is 436 g/mol. The van der Waals surface area contributed by atoms with Gasteiger partial charge in [0.15, 0.2) is 5.82 Å². The lowest BCUT2D eigenvalue weighted by Crippen LogP contribution is -2.41. The fourth-order valence-corrected chi connectivity index (χ4v) is 4.95. The summed E-state index contributed by atoms with van der Waals surface area (Å²) in [5.74, 6) is 0.865. The first kappa shape index (κ1) is 21.4. The highest BCUT2D eigenvalue weighted by Gasteiger charge is 2.37. The van der Waals surface area contributed by atoms with Gasteiger partial charge in [-0.1, -0.05) is 75.0 Å². The molecule has 6 nitrogen and oxygen atoms in total. The molecule has 0 aliphatic carbocycles. The SMILES string of the molecule is CCCc1nnc2n1N[C@@H](c1ccc(CC)cc1)[C@@H](C(=O)Nc1ccccc1CC)S2. The van der Waals surface area contributed by atoms with E-state index in [4.69, 9.17) is 0 Å². The van der Waals surface area contributed by atoms with Crippen molar-refractivity contribution in [2.75, 3.05) is 10.7 Å². The van der Waals surface area contributed by atoms with Crippen molar-refractivity contribution in [3.05, 3.63) is 71.0 Å². The Kier molecular flexibility index (Phi) is 6.61. The molecule has 1 aliphatic rings. The third-order valence-electron chi connectivity index (χ3n) is 5.64. The van der Waals surface area contributed by atoms with Crippen LogP contribution in [0.25, 0.3) is 0 Å². The Bertz CT molecular complexity index is 1050. The smallest absolute Gasteiger partial charge is 0.240 e. The number of fused-ring (bicyclic) bond motifs is 1. The van der Waals surface area contributed by atoms with Crippen molar-refractivity contribution in [3.63, 3.8) is 0 Å². The molecule has 0 saturated heterocycles. The van der Waals surface area contributed by atoms with E-state index in [9.17, 15) is 4.79 Å². The van der Waals surface area contributed by atoms with Crippen LogP contribution in [0.2, 0.25) is 0 Å². The summed E-state index contributed by atoms with van der Waals surface area (Å²) in [6.07, 6.45) is 3.67. The second-order valence-electron chi connectivity index (χ2n) is 7.72.